The van der Waals surface area contributed by atoms with E-state index in [-0.39, 0.29) is 11.6 Å². The van der Waals surface area contributed by atoms with Crippen LogP contribution in [0.5, 0.6) is 0 Å². The molecule has 0 fully saturated rings. The molecule has 0 bridgehead atoms. The molecule has 2 aromatic carbocycles. The summed E-state index contributed by atoms with van der Waals surface area (Å²) in [6.07, 6.45) is 4.91. The molecule has 0 atom stereocenters. The number of amides is 2. The third-order valence-corrected chi connectivity index (χ3v) is 4.78. The predicted octanol–water partition coefficient (Wildman–Crippen LogP) is 3.84. The van der Waals surface area contributed by atoms with Crippen LogP contribution < -0.4 is 5.32 Å². The second-order valence-corrected chi connectivity index (χ2v) is 6.86. The minimum Gasteiger partial charge on any atom is -0.457 e. The van der Waals surface area contributed by atoms with Gasteiger partial charge in [-0.25, -0.2) is 9.79 Å². The summed E-state index contributed by atoms with van der Waals surface area (Å²) in [5.74, 6) is -0.332. The van der Waals surface area contributed by atoms with Crippen molar-refractivity contribution in [1.29, 1.82) is 0 Å². The number of ether oxygens (including phenoxy) is 1. The quantitative estimate of drug-likeness (QED) is 0.400. The van der Waals surface area contributed by atoms with Gasteiger partial charge in [0.1, 0.15) is 11.5 Å². The number of cyclic esters (lactones) is 1. The molecule has 0 saturated carbocycles. The van der Waals surface area contributed by atoms with Crippen molar-refractivity contribution in [1.82, 2.24) is 5.32 Å². The van der Waals surface area contributed by atoms with Crippen LogP contribution in [0.15, 0.2) is 81.8 Å². The molecule has 7 heteroatoms. The molecule has 2 aliphatic heterocycles. The van der Waals surface area contributed by atoms with Crippen molar-refractivity contribution in [3.63, 3.8) is 0 Å². The number of benzene rings is 2. The first-order valence-electron chi connectivity index (χ1n) is 9.42. The summed E-state index contributed by atoms with van der Waals surface area (Å²) in [7, 11) is 0. The normalized spacial score (nSPS) is 16.6. The van der Waals surface area contributed by atoms with Crippen LogP contribution in [0, 0.1) is 0 Å². The van der Waals surface area contributed by atoms with E-state index in [2.05, 4.69) is 10.3 Å². The van der Waals surface area contributed by atoms with E-state index in [4.69, 9.17) is 9.15 Å². The lowest BCUT2D eigenvalue weighted by molar-refractivity contribution is -0.129. The lowest BCUT2D eigenvalue weighted by Crippen LogP contribution is -2.19. The SMILES string of the molecule is O=C1OC(/C=C/c2ccccc2)=NC/1=C\c1ccc(-c2ccc3c(c2)C(=O)NC3=O)o1. The molecule has 0 radical (unpaired) electrons. The molecule has 7 nitrogen and oxygen atoms in total. The van der Waals surface area contributed by atoms with Gasteiger partial charge in [-0.05, 0) is 35.9 Å². The van der Waals surface area contributed by atoms with Crippen molar-refractivity contribution in [2.75, 3.05) is 0 Å². The number of hydrogen-bond acceptors (Lipinski definition) is 6. The van der Waals surface area contributed by atoms with E-state index in [0.29, 0.717) is 28.2 Å². The number of hydrogen-bond donors (Lipinski definition) is 1. The van der Waals surface area contributed by atoms with E-state index in [1.165, 1.54) is 6.08 Å². The van der Waals surface area contributed by atoms with Crippen LogP contribution >= 0.6 is 0 Å². The standard InChI is InChI=1S/C24H14N2O5/c27-22-17-9-7-15(12-18(17)23(28)26-22)20-10-8-16(30-20)13-19-24(29)31-21(25-19)11-6-14-4-2-1-3-5-14/h1-13H,(H,26,27,28)/b11-6+,19-13-. The molecule has 1 aromatic heterocycles. The Morgan fingerprint density at radius 1 is 0.839 bits per heavy atom. The lowest BCUT2D eigenvalue weighted by Gasteiger charge is -1.99. The molecule has 3 heterocycles. The van der Waals surface area contributed by atoms with Gasteiger partial charge in [-0.1, -0.05) is 36.4 Å². The van der Waals surface area contributed by atoms with Crippen LogP contribution in [0.2, 0.25) is 0 Å². The van der Waals surface area contributed by atoms with Gasteiger partial charge in [-0.3, -0.25) is 14.9 Å². The molecule has 2 amide bonds. The van der Waals surface area contributed by atoms with E-state index in [0.717, 1.165) is 5.56 Å². The van der Waals surface area contributed by atoms with E-state index in [1.54, 1.807) is 42.5 Å². The Morgan fingerprint density at radius 3 is 2.48 bits per heavy atom. The zero-order valence-electron chi connectivity index (χ0n) is 16.0. The van der Waals surface area contributed by atoms with E-state index < -0.39 is 17.8 Å². The first-order chi connectivity index (χ1) is 15.1. The number of nitrogens with one attached hydrogen (secondary N) is 1. The number of rotatable bonds is 4. The molecule has 3 aromatic rings. The van der Waals surface area contributed by atoms with Crippen molar-refractivity contribution in [2.24, 2.45) is 4.99 Å². The monoisotopic (exact) mass is 410 g/mol. The zero-order chi connectivity index (χ0) is 21.4. The van der Waals surface area contributed by atoms with Gasteiger partial charge >= 0.3 is 5.97 Å². The second-order valence-electron chi connectivity index (χ2n) is 6.86. The van der Waals surface area contributed by atoms with Gasteiger partial charge in [-0.15, -0.1) is 0 Å². The van der Waals surface area contributed by atoms with Crippen LogP contribution in [0.1, 0.15) is 32.0 Å². The van der Waals surface area contributed by atoms with Gasteiger partial charge in [0.25, 0.3) is 11.8 Å². The van der Waals surface area contributed by atoms with Gasteiger partial charge in [0.05, 0.1) is 11.1 Å². The van der Waals surface area contributed by atoms with Crippen molar-refractivity contribution in [2.45, 2.75) is 0 Å². The van der Waals surface area contributed by atoms with Crippen molar-refractivity contribution >= 4 is 35.8 Å². The summed E-state index contributed by atoms with van der Waals surface area (Å²) >= 11 is 0. The largest absolute Gasteiger partial charge is 0.457 e. The highest BCUT2D eigenvalue weighted by Gasteiger charge is 2.27. The van der Waals surface area contributed by atoms with Gasteiger partial charge < -0.3 is 9.15 Å². The zero-order valence-corrected chi connectivity index (χ0v) is 16.0. The second kappa shape index (κ2) is 7.38. The summed E-state index contributed by atoms with van der Waals surface area (Å²) in [5, 5.41) is 2.25. The fourth-order valence-corrected chi connectivity index (χ4v) is 3.27. The van der Waals surface area contributed by atoms with E-state index in [1.807, 2.05) is 30.3 Å². The minimum absolute atomic E-state index is 0.118. The number of carbonyl (C=O) groups is 3. The van der Waals surface area contributed by atoms with Gasteiger partial charge in [0, 0.05) is 17.7 Å². The molecular formula is C24H14N2O5. The average molecular weight is 410 g/mol. The van der Waals surface area contributed by atoms with Crippen molar-refractivity contribution in [3.05, 3.63) is 94.9 Å². The Morgan fingerprint density at radius 2 is 1.65 bits per heavy atom. The van der Waals surface area contributed by atoms with E-state index in [9.17, 15) is 14.4 Å². The summed E-state index contributed by atoms with van der Waals surface area (Å²) in [6, 6.07) is 17.8. The number of nitrogens with zero attached hydrogens (tertiary/aromatic N) is 1. The Balaban J connectivity index is 1.38. The maximum Gasteiger partial charge on any atom is 0.363 e. The maximum atomic E-state index is 12.1. The molecule has 150 valence electrons. The molecule has 0 saturated heterocycles. The molecule has 0 spiro atoms. The molecule has 31 heavy (non-hydrogen) atoms. The Hall–Kier alpha value is -4.52. The molecular weight excluding hydrogens is 396 g/mol. The van der Waals surface area contributed by atoms with Crippen LogP contribution in [-0.4, -0.2) is 23.7 Å². The highest BCUT2D eigenvalue weighted by Crippen LogP contribution is 2.28. The smallest absolute Gasteiger partial charge is 0.363 e. The number of esters is 1. The van der Waals surface area contributed by atoms with Crippen molar-refractivity contribution < 1.29 is 23.5 Å². The summed E-state index contributed by atoms with van der Waals surface area (Å²) < 4.78 is 10.9. The fraction of sp³-hybridized carbons (Fsp3) is 0. The van der Waals surface area contributed by atoms with Gasteiger partial charge in [0.15, 0.2) is 5.70 Å². The molecule has 2 aliphatic rings. The van der Waals surface area contributed by atoms with Crippen molar-refractivity contribution in [3.8, 4) is 11.3 Å². The van der Waals surface area contributed by atoms with Crippen LogP contribution in [-0.2, 0) is 9.53 Å². The van der Waals surface area contributed by atoms with Crippen LogP contribution in [0.4, 0.5) is 0 Å². The first-order valence-corrected chi connectivity index (χ1v) is 9.42. The fourth-order valence-electron chi connectivity index (χ4n) is 3.27. The number of furan rings is 1. The third kappa shape index (κ3) is 3.60. The molecule has 0 aliphatic carbocycles. The number of imide groups is 1. The Bertz CT molecular complexity index is 1330. The molecule has 0 unspecified atom stereocenters. The van der Waals surface area contributed by atoms with E-state index >= 15 is 0 Å². The van der Waals surface area contributed by atoms with Crippen LogP contribution in [0.3, 0.4) is 0 Å². The van der Waals surface area contributed by atoms with Gasteiger partial charge in [-0.2, -0.15) is 0 Å². The number of fused-ring (bicyclic) bond motifs is 1. The number of carbonyl (C=O) groups excluding carboxylic acids is 3. The average Bonchev–Trinajstić information content (AvgIpc) is 3.46. The molecule has 1 N–H and O–H groups in total. The topological polar surface area (TPSA) is 98.0 Å². The summed E-state index contributed by atoms with van der Waals surface area (Å²) in [6.45, 7) is 0. The van der Waals surface area contributed by atoms with Crippen LogP contribution in [0.25, 0.3) is 23.5 Å². The highest BCUT2D eigenvalue weighted by molar-refractivity contribution is 6.21. The third-order valence-electron chi connectivity index (χ3n) is 4.78. The van der Waals surface area contributed by atoms with Gasteiger partial charge in [0.2, 0.25) is 5.90 Å². The minimum atomic E-state index is -0.571. The Kier molecular flexibility index (Phi) is 4.41. The first kappa shape index (κ1) is 18.5. The highest BCUT2D eigenvalue weighted by atomic mass is 16.6. The summed E-state index contributed by atoms with van der Waals surface area (Å²) in [5.41, 5.74) is 2.35. The summed E-state index contributed by atoms with van der Waals surface area (Å²) in [4.78, 5) is 39.9. The molecule has 5 rings (SSSR count). The number of aliphatic imine (C=N–C) groups is 1. The predicted molar refractivity (Wildman–Crippen MR) is 113 cm³/mol. The lowest BCUT2D eigenvalue weighted by atomic mass is 10.0. The Labute approximate surface area is 176 Å². The maximum absolute atomic E-state index is 12.1.